The number of rotatable bonds is 5. The Morgan fingerprint density at radius 3 is 2.52 bits per heavy atom. The van der Waals surface area contributed by atoms with Gasteiger partial charge < -0.3 is 5.11 Å². The minimum atomic E-state index is -0.787. The van der Waals surface area contributed by atoms with Crippen LogP contribution in [0.4, 0.5) is 10.1 Å². The Bertz CT molecular complexity index is 933. The van der Waals surface area contributed by atoms with Crippen molar-refractivity contribution in [3.05, 3.63) is 76.8 Å². The maximum atomic E-state index is 13.8. The van der Waals surface area contributed by atoms with Crippen molar-refractivity contribution in [2.45, 2.75) is 33.2 Å². The van der Waals surface area contributed by atoms with Crippen molar-refractivity contribution in [1.29, 1.82) is 0 Å². The third-order valence-corrected chi connectivity index (χ3v) is 4.55. The third-order valence-electron chi connectivity index (χ3n) is 4.55. The van der Waals surface area contributed by atoms with E-state index in [1.165, 1.54) is 23.1 Å². The van der Waals surface area contributed by atoms with Crippen LogP contribution >= 0.6 is 0 Å². The molecular weight excluding hydrogens is 345 g/mol. The molecule has 0 aromatic heterocycles. The molecule has 1 N–H and O–H groups in total. The second kappa shape index (κ2) is 7.35. The number of hydrogen-bond donors (Lipinski definition) is 1. The lowest BCUT2D eigenvalue weighted by molar-refractivity contribution is -0.118. The first-order valence-corrected chi connectivity index (χ1v) is 8.91. The molecule has 140 valence electrons. The van der Waals surface area contributed by atoms with Gasteiger partial charge in [-0.25, -0.2) is 4.39 Å². The fourth-order valence-electron chi connectivity index (χ4n) is 3.42. The molecule has 0 saturated heterocycles. The van der Waals surface area contributed by atoms with Crippen LogP contribution in [0.5, 0.6) is 0 Å². The molecule has 2 aromatic rings. The van der Waals surface area contributed by atoms with E-state index in [-0.39, 0.29) is 23.7 Å². The number of hydrogen-bond acceptors (Lipinski definition) is 3. The van der Waals surface area contributed by atoms with Gasteiger partial charge in [-0.2, -0.15) is 0 Å². The lowest BCUT2D eigenvalue weighted by Crippen LogP contribution is -2.31. The molecule has 0 fully saturated rings. The van der Waals surface area contributed by atoms with Crippen molar-refractivity contribution in [1.82, 2.24) is 0 Å². The van der Waals surface area contributed by atoms with Crippen LogP contribution in [0.25, 0.3) is 0 Å². The highest BCUT2D eigenvalue weighted by atomic mass is 19.1. The Hall–Kier alpha value is -2.95. The smallest absolute Gasteiger partial charge is 0.294 e. The number of carbonyl (C=O) groups excluding carboxylic acids is 2. The average molecular weight is 367 g/mol. The van der Waals surface area contributed by atoms with E-state index in [1.54, 1.807) is 12.1 Å². The van der Waals surface area contributed by atoms with Crippen LogP contribution in [-0.4, -0.2) is 16.8 Å². The summed E-state index contributed by atoms with van der Waals surface area (Å²) in [6, 6.07) is 12.2. The largest absolute Gasteiger partial charge is 0.503 e. The normalized spacial score (nSPS) is 17.1. The minimum absolute atomic E-state index is 0.0727. The monoisotopic (exact) mass is 367 g/mol. The number of nitrogens with zero attached hydrogens (tertiary/aromatic N) is 1. The zero-order chi connectivity index (χ0) is 19.7. The van der Waals surface area contributed by atoms with Crippen LogP contribution in [0.3, 0.4) is 0 Å². The Kier molecular flexibility index (Phi) is 5.13. The number of halogens is 1. The van der Waals surface area contributed by atoms with Crippen LogP contribution in [-0.2, 0) is 9.59 Å². The molecule has 1 heterocycles. The summed E-state index contributed by atoms with van der Waals surface area (Å²) in [6.45, 7) is 5.71. The van der Waals surface area contributed by atoms with Crippen LogP contribution < -0.4 is 4.90 Å². The number of Topliss-reactive ketones (excluding diaryl/α,β-unsaturated/α-hetero) is 1. The number of benzene rings is 2. The molecular formula is C22H22FNO3. The van der Waals surface area contributed by atoms with Crippen LogP contribution in [0.2, 0.25) is 0 Å². The molecule has 1 amide bonds. The van der Waals surface area contributed by atoms with E-state index >= 15 is 0 Å². The van der Waals surface area contributed by atoms with Crippen molar-refractivity contribution in [2.24, 2.45) is 5.92 Å². The summed E-state index contributed by atoms with van der Waals surface area (Å²) in [6.07, 6.45) is 0.214. The topological polar surface area (TPSA) is 57.6 Å². The number of aliphatic hydroxyl groups excluding tert-OH is 1. The first kappa shape index (κ1) is 18.8. The highest BCUT2D eigenvalue weighted by Crippen LogP contribution is 2.41. The van der Waals surface area contributed by atoms with Gasteiger partial charge in [-0.05, 0) is 36.6 Å². The van der Waals surface area contributed by atoms with Crippen molar-refractivity contribution in [3.8, 4) is 0 Å². The molecule has 27 heavy (non-hydrogen) atoms. The number of aliphatic hydroxyl groups is 1. The quantitative estimate of drug-likeness (QED) is 0.837. The number of aryl methyl sites for hydroxylation is 1. The van der Waals surface area contributed by atoms with E-state index in [1.807, 2.05) is 39.0 Å². The third kappa shape index (κ3) is 3.63. The number of anilines is 1. The highest BCUT2D eigenvalue weighted by Gasteiger charge is 2.44. The zero-order valence-corrected chi connectivity index (χ0v) is 15.6. The maximum Gasteiger partial charge on any atom is 0.294 e. The van der Waals surface area contributed by atoms with Gasteiger partial charge in [0.05, 0.1) is 11.6 Å². The second-order valence-electron chi connectivity index (χ2n) is 7.26. The predicted octanol–water partition coefficient (Wildman–Crippen LogP) is 4.65. The Morgan fingerprint density at radius 2 is 1.89 bits per heavy atom. The van der Waals surface area contributed by atoms with Gasteiger partial charge in [0.2, 0.25) is 0 Å². The van der Waals surface area contributed by atoms with Crippen molar-refractivity contribution in [2.75, 3.05) is 4.90 Å². The first-order chi connectivity index (χ1) is 12.8. The molecule has 0 saturated carbocycles. The molecule has 1 aliphatic rings. The van der Waals surface area contributed by atoms with Crippen molar-refractivity contribution >= 4 is 17.4 Å². The maximum absolute atomic E-state index is 13.8. The van der Waals surface area contributed by atoms with Crippen LogP contribution in [0.1, 0.15) is 37.4 Å². The van der Waals surface area contributed by atoms with E-state index in [2.05, 4.69) is 0 Å². The molecule has 4 nitrogen and oxygen atoms in total. The Labute approximate surface area is 157 Å². The van der Waals surface area contributed by atoms with Crippen molar-refractivity contribution < 1.29 is 19.1 Å². The molecule has 1 atom stereocenters. The number of carbonyl (C=O) groups is 2. The predicted molar refractivity (Wildman–Crippen MR) is 102 cm³/mol. The molecule has 0 aliphatic carbocycles. The van der Waals surface area contributed by atoms with E-state index in [0.717, 1.165) is 5.56 Å². The highest BCUT2D eigenvalue weighted by molar-refractivity contribution is 6.16. The summed E-state index contributed by atoms with van der Waals surface area (Å²) in [4.78, 5) is 27.0. The molecule has 3 rings (SSSR count). The van der Waals surface area contributed by atoms with E-state index in [4.69, 9.17) is 0 Å². The first-order valence-electron chi connectivity index (χ1n) is 8.91. The van der Waals surface area contributed by atoms with E-state index in [0.29, 0.717) is 11.3 Å². The zero-order valence-electron chi connectivity index (χ0n) is 15.6. The second-order valence-corrected chi connectivity index (χ2v) is 7.26. The summed E-state index contributed by atoms with van der Waals surface area (Å²) in [5, 5.41) is 10.5. The van der Waals surface area contributed by atoms with E-state index < -0.39 is 23.5 Å². The van der Waals surface area contributed by atoms with Crippen LogP contribution in [0.15, 0.2) is 59.9 Å². The lowest BCUT2D eigenvalue weighted by Gasteiger charge is -2.27. The number of ketones is 1. The SMILES string of the molecule is Cc1cccc(C2C(C(=O)CC(C)C)=C(O)C(=O)N2c2cccc(F)c2)c1. The van der Waals surface area contributed by atoms with Gasteiger partial charge in [-0.15, -0.1) is 0 Å². The van der Waals surface area contributed by atoms with Gasteiger partial charge in [-0.3, -0.25) is 14.5 Å². The molecule has 5 heteroatoms. The molecule has 0 radical (unpaired) electrons. The standard InChI is InChI=1S/C22H22FNO3/c1-13(2)10-18(25)19-20(15-7-4-6-14(3)11-15)24(22(27)21(19)26)17-9-5-8-16(23)12-17/h4-9,11-13,20,26H,10H2,1-3H3. The Balaban J connectivity index is 2.17. The lowest BCUT2D eigenvalue weighted by atomic mass is 9.91. The van der Waals surface area contributed by atoms with Crippen LogP contribution in [0, 0.1) is 18.7 Å². The van der Waals surface area contributed by atoms with E-state index in [9.17, 15) is 19.1 Å². The van der Waals surface area contributed by atoms with Gasteiger partial charge in [0.1, 0.15) is 5.82 Å². The summed E-state index contributed by atoms with van der Waals surface area (Å²) in [5.41, 5.74) is 2.03. The Morgan fingerprint density at radius 1 is 1.19 bits per heavy atom. The fraction of sp³-hybridized carbons (Fsp3) is 0.273. The summed E-state index contributed by atoms with van der Waals surface area (Å²) < 4.78 is 13.8. The minimum Gasteiger partial charge on any atom is -0.503 e. The van der Waals surface area contributed by atoms with Crippen molar-refractivity contribution in [3.63, 3.8) is 0 Å². The molecule has 2 aromatic carbocycles. The van der Waals surface area contributed by atoms with Gasteiger partial charge >= 0.3 is 0 Å². The van der Waals surface area contributed by atoms with Gasteiger partial charge in [0.25, 0.3) is 5.91 Å². The molecule has 0 bridgehead atoms. The summed E-state index contributed by atoms with van der Waals surface area (Å²) in [7, 11) is 0. The fourth-order valence-corrected chi connectivity index (χ4v) is 3.42. The van der Waals surface area contributed by atoms with Gasteiger partial charge in [0.15, 0.2) is 11.5 Å². The van der Waals surface area contributed by atoms with Gasteiger partial charge in [0, 0.05) is 12.1 Å². The summed E-state index contributed by atoms with van der Waals surface area (Å²) in [5.74, 6) is -1.95. The average Bonchev–Trinajstić information content (AvgIpc) is 2.86. The summed E-state index contributed by atoms with van der Waals surface area (Å²) >= 11 is 0. The molecule has 0 spiro atoms. The van der Waals surface area contributed by atoms with Gasteiger partial charge in [-0.1, -0.05) is 49.7 Å². The number of amides is 1. The molecule has 1 unspecified atom stereocenters. The molecule has 1 aliphatic heterocycles.